The van der Waals surface area contributed by atoms with Crippen LogP contribution in [-0.4, -0.2) is 0 Å². The second-order valence-electron chi connectivity index (χ2n) is 9.03. The van der Waals surface area contributed by atoms with Crippen LogP contribution in [0.3, 0.4) is 0 Å². The Morgan fingerprint density at radius 3 is 1.47 bits per heavy atom. The average Bonchev–Trinajstić information content (AvgIpc) is 2.92. The van der Waals surface area contributed by atoms with E-state index in [1.807, 2.05) is 0 Å². The van der Waals surface area contributed by atoms with E-state index in [9.17, 15) is 0 Å². The molecule has 0 N–H and O–H groups in total. The second-order valence-corrected chi connectivity index (χ2v) is 9.03. The van der Waals surface area contributed by atoms with Gasteiger partial charge in [0.05, 0.1) is 0 Å². The molecule has 0 unspecified atom stereocenters. The summed E-state index contributed by atoms with van der Waals surface area (Å²) < 4.78 is 0. The highest BCUT2D eigenvalue weighted by Crippen LogP contribution is 2.35. The van der Waals surface area contributed by atoms with E-state index in [0.717, 1.165) is 0 Å². The quantitative estimate of drug-likeness (QED) is 0.239. The molecule has 7 rings (SSSR count). The molecule has 0 fully saturated rings. The maximum Gasteiger partial charge on any atom is -0.00266 e. The molecule has 0 aliphatic heterocycles. The first kappa shape index (κ1) is 19.1. The Labute approximate surface area is 198 Å². The van der Waals surface area contributed by atoms with Crippen molar-refractivity contribution in [1.82, 2.24) is 0 Å². The Bertz CT molecular complexity index is 1830. The van der Waals surface area contributed by atoms with Crippen molar-refractivity contribution in [2.75, 3.05) is 0 Å². The van der Waals surface area contributed by atoms with Crippen molar-refractivity contribution < 1.29 is 0 Å². The summed E-state index contributed by atoms with van der Waals surface area (Å²) in [6.45, 7) is 0. The summed E-state index contributed by atoms with van der Waals surface area (Å²) >= 11 is 0. The van der Waals surface area contributed by atoms with Gasteiger partial charge in [-0.15, -0.1) is 0 Å². The van der Waals surface area contributed by atoms with E-state index < -0.39 is 0 Å². The fourth-order valence-corrected chi connectivity index (χ4v) is 5.23. The summed E-state index contributed by atoms with van der Waals surface area (Å²) in [6.07, 6.45) is 0. The molecule has 0 aliphatic carbocycles. The molecule has 0 saturated heterocycles. The first-order valence-corrected chi connectivity index (χ1v) is 11.8. The number of fused-ring (bicyclic) bond motifs is 6. The minimum absolute atomic E-state index is 1.24. The molecule has 0 nitrogen and oxygen atoms in total. The molecule has 0 amide bonds. The summed E-state index contributed by atoms with van der Waals surface area (Å²) in [4.78, 5) is 0. The van der Waals surface area contributed by atoms with Gasteiger partial charge in [0, 0.05) is 0 Å². The third-order valence-electron chi connectivity index (χ3n) is 7.03. The standard InChI is InChI=1S/C34H22/c1-2-7-29-21-30(19-13-23(29)5-1)24-9-11-25(12-10-24)31-20-16-27-15-18-28-17-14-26-6-3-4-8-32(26)34(28)33(27)22-31/h1-22H. The van der Waals surface area contributed by atoms with Gasteiger partial charge in [-0.3, -0.25) is 0 Å². The molecule has 0 heteroatoms. The van der Waals surface area contributed by atoms with Crippen molar-refractivity contribution in [3.05, 3.63) is 133 Å². The largest absolute Gasteiger partial charge is 0.0616 e. The SMILES string of the molecule is c1ccc2cc(-c3ccc(-c4ccc5ccc6ccc7ccccc7c6c5c4)cc3)ccc2c1. The predicted octanol–water partition coefficient (Wildman–Crippen LogP) is 9.63. The van der Waals surface area contributed by atoms with Crippen molar-refractivity contribution in [1.29, 1.82) is 0 Å². The van der Waals surface area contributed by atoms with Gasteiger partial charge in [0.2, 0.25) is 0 Å². The molecule has 0 spiro atoms. The van der Waals surface area contributed by atoms with Crippen LogP contribution in [0, 0.1) is 0 Å². The number of hydrogen-bond donors (Lipinski definition) is 0. The fourth-order valence-electron chi connectivity index (χ4n) is 5.23. The Morgan fingerprint density at radius 1 is 0.265 bits per heavy atom. The Morgan fingerprint density at radius 2 is 0.735 bits per heavy atom. The molecule has 0 radical (unpaired) electrons. The van der Waals surface area contributed by atoms with Gasteiger partial charge in [0.15, 0.2) is 0 Å². The van der Waals surface area contributed by atoms with Crippen molar-refractivity contribution in [3.63, 3.8) is 0 Å². The van der Waals surface area contributed by atoms with Gasteiger partial charge in [-0.05, 0) is 77.5 Å². The van der Waals surface area contributed by atoms with E-state index in [1.165, 1.54) is 65.3 Å². The molecule has 0 aromatic heterocycles. The normalized spacial score (nSPS) is 11.5. The molecular weight excluding hydrogens is 408 g/mol. The summed E-state index contributed by atoms with van der Waals surface area (Å²) in [5.41, 5.74) is 4.98. The molecule has 0 aliphatic rings. The topological polar surface area (TPSA) is 0 Å². The van der Waals surface area contributed by atoms with Crippen LogP contribution < -0.4 is 0 Å². The van der Waals surface area contributed by atoms with E-state index in [-0.39, 0.29) is 0 Å². The molecular formula is C34H22. The smallest absolute Gasteiger partial charge is 0.00266 e. The van der Waals surface area contributed by atoms with Gasteiger partial charge in [-0.25, -0.2) is 0 Å². The van der Waals surface area contributed by atoms with Crippen molar-refractivity contribution in [2.45, 2.75) is 0 Å². The van der Waals surface area contributed by atoms with Crippen LogP contribution >= 0.6 is 0 Å². The second kappa shape index (κ2) is 7.57. The Kier molecular flexibility index (Phi) is 4.25. The van der Waals surface area contributed by atoms with Crippen LogP contribution in [0.2, 0.25) is 0 Å². The van der Waals surface area contributed by atoms with E-state index >= 15 is 0 Å². The van der Waals surface area contributed by atoms with Gasteiger partial charge < -0.3 is 0 Å². The highest BCUT2D eigenvalue weighted by Gasteiger charge is 2.08. The van der Waals surface area contributed by atoms with Crippen LogP contribution in [0.25, 0.3) is 65.3 Å². The molecule has 0 saturated carbocycles. The predicted molar refractivity (Wildman–Crippen MR) is 147 cm³/mol. The van der Waals surface area contributed by atoms with Crippen LogP contribution in [0.1, 0.15) is 0 Å². The van der Waals surface area contributed by atoms with E-state index in [2.05, 4.69) is 133 Å². The van der Waals surface area contributed by atoms with Crippen molar-refractivity contribution in [3.8, 4) is 22.3 Å². The fraction of sp³-hybridized carbons (Fsp3) is 0. The van der Waals surface area contributed by atoms with Crippen LogP contribution in [0.4, 0.5) is 0 Å². The number of hydrogen-bond acceptors (Lipinski definition) is 0. The zero-order valence-corrected chi connectivity index (χ0v) is 18.7. The summed E-state index contributed by atoms with van der Waals surface area (Å²) in [5.74, 6) is 0. The number of rotatable bonds is 2. The maximum absolute atomic E-state index is 2.36. The van der Waals surface area contributed by atoms with Crippen molar-refractivity contribution in [2.24, 2.45) is 0 Å². The minimum Gasteiger partial charge on any atom is -0.0616 e. The molecule has 34 heavy (non-hydrogen) atoms. The summed E-state index contributed by atoms with van der Waals surface area (Å²) in [7, 11) is 0. The lowest BCUT2D eigenvalue weighted by atomic mass is 9.93. The zero-order valence-electron chi connectivity index (χ0n) is 18.7. The van der Waals surface area contributed by atoms with Crippen LogP contribution in [0.5, 0.6) is 0 Å². The first-order chi connectivity index (χ1) is 16.8. The number of benzene rings is 7. The van der Waals surface area contributed by atoms with Gasteiger partial charge in [-0.1, -0.05) is 121 Å². The third kappa shape index (κ3) is 3.08. The monoisotopic (exact) mass is 430 g/mol. The molecule has 7 aromatic carbocycles. The van der Waals surface area contributed by atoms with Crippen LogP contribution in [0.15, 0.2) is 133 Å². The van der Waals surface area contributed by atoms with Gasteiger partial charge >= 0.3 is 0 Å². The van der Waals surface area contributed by atoms with E-state index in [1.54, 1.807) is 0 Å². The minimum atomic E-state index is 1.24. The molecule has 0 bridgehead atoms. The van der Waals surface area contributed by atoms with Crippen LogP contribution in [-0.2, 0) is 0 Å². The Hall–Kier alpha value is -4.42. The van der Waals surface area contributed by atoms with Gasteiger partial charge in [-0.2, -0.15) is 0 Å². The lowest BCUT2D eigenvalue weighted by Gasteiger charge is -2.11. The van der Waals surface area contributed by atoms with E-state index in [0.29, 0.717) is 0 Å². The lowest BCUT2D eigenvalue weighted by molar-refractivity contribution is 1.62. The van der Waals surface area contributed by atoms with Crippen molar-refractivity contribution >= 4 is 43.1 Å². The van der Waals surface area contributed by atoms with E-state index in [4.69, 9.17) is 0 Å². The summed E-state index contributed by atoms with van der Waals surface area (Å²) in [6, 6.07) is 48.7. The zero-order chi connectivity index (χ0) is 22.5. The lowest BCUT2D eigenvalue weighted by Crippen LogP contribution is -1.84. The molecule has 0 atom stereocenters. The third-order valence-corrected chi connectivity index (χ3v) is 7.03. The highest BCUT2D eigenvalue weighted by molar-refractivity contribution is 6.20. The van der Waals surface area contributed by atoms with Gasteiger partial charge in [0.25, 0.3) is 0 Å². The molecule has 158 valence electrons. The average molecular weight is 431 g/mol. The highest BCUT2D eigenvalue weighted by atomic mass is 14.1. The first-order valence-electron chi connectivity index (χ1n) is 11.8. The summed E-state index contributed by atoms with van der Waals surface area (Å²) in [5, 5.41) is 10.4. The maximum atomic E-state index is 2.36. The molecule has 0 heterocycles. The Balaban J connectivity index is 1.35. The molecule has 7 aromatic rings. The van der Waals surface area contributed by atoms with Gasteiger partial charge in [0.1, 0.15) is 0 Å².